The highest BCUT2D eigenvalue weighted by Crippen LogP contribution is 2.46. The molecule has 2 aromatic rings. The van der Waals surface area contributed by atoms with Gasteiger partial charge in [-0.15, -0.1) is 0 Å². The van der Waals surface area contributed by atoms with Crippen molar-refractivity contribution >= 4 is 13.7 Å². The molecule has 1 saturated carbocycles. The Morgan fingerprint density at radius 1 is 1.26 bits per heavy atom. The molecule has 214 valence electrons. The first-order valence-corrected chi connectivity index (χ1v) is 14.4. The molecule has 1 unspecified atom stereocenters. The normalized spacial score (nSPS) is 27.6. The molecule has 0 spiro atoms. The fourth-order valence-corrected chi connectivity index (χ4v) is 6.22. The van der Waals surface area contributed by atoms with Crippen molar-refractivity contribution in [1.82, 2.24) is 14.6 Å². The van der Waals surface area contributed by atoms with Crippen LogP contribution in [0.1, 0.15) is 45.8 Å². The van der Waals surface area contributed by atoms with Gasteiger partial charge in [-0.1, -0.05) is 31.0 Å². The fraction of sp³-hybridized carbons (Fsp3) is 0.560. The molecule has 1 saturated heterocycles. The second-order valence-corrected chi connectivity index (χ2v) is 11.9. The Kier molecular flexibility index (Phi) is 9.10. The Labute approximate surface area is 225 Å². The molecular weight excluding hydrogens is 531 g/mol. The molecular formula is C25H35N4O9P. The number of H-pyrrole nitrogens is 1. The van der Waals surface area contributed by atoms with Crippen molar-refractivity contribution in [2.45, 2.75) is 69.5 Å². The first-order valence-electron chi connectivity index (χ1n) is 12.9. The predicted octanol–water partition coefficient (Wildman–Crippen LogP) is 1.43. The van der Waals surface area contributed by atoms with Gasteiger partial charge < -0.3 is 24.8 Å². The molecule has 2 heterocycles. The SMILES string of the molecule is C[C@H](NP(=O)(OC[C@H]1O[C@@H](n2ccc(=O)[nH]c2=O)[C@](C)(N)[C@@H]1O)Oc1ccccc1)C(=O)OCC1CCCC1. The number of para-hydroxylation sites is 1. The fourth-order valence-electron chi connectivity index (χ4n) is 4.71. The molecule has 1 aliphatic carbocycles. The van der Waals surface area contributed by atoms with Gasteiger partial charge in [0.25, 0.3) is 5.56 Å². The molecule has 0 amide bonds. The average Bonchev–Trinajstić information content (AvgIpc) is 3.49. The summed E-state index contributed by atoms with van der Waals surface area (Å²) in [6, 6.07) is 8.32. The minimum absolute atomic E-state index is 0.217. The summed E-state index contributed by atoms with van der Waals surface area (Å²) < 4.78 is 37.4. The number of aromatic nitrogens is 2. The molecule has 13 nitrogen and oxygen atoms in total. The van der Waals surface area contributed by atoms with Gasteiger partial charge in [-0.3, -0.25) is 23.7 Å². The third kappa shape index (κ3) is 7.05. The van der Waals surface area contributed by atoms with Gasteiger partial charge in [-0.2, -0.15) is 5.09 Å². The van der Waals surface area contributed by atoms with Crippen LogP contribution in [0.25, 0.3) is 0 Å². The van der Waals surface area contributed by atoms with E-state index in [0.29, 0.717) is 5.92 Å². The van der Waals surface area contributed by atoms with Crippen LogP contribution in [0.15, 0.2) is 52.2 Å². The first-order chi connectivity index (χ1) is 18.5. The van der Waals surface area contributed by atoms with Crippen LogP contribution in [-0.4, -0.2) is 57.6 Å². The van der Waals surface area contributed by atoms with Crippen LogP contribution in [0, 0.1) is 5.92 Å². The van der Waals surface area contributed by atoms with Crippen molar-refractivity contribution in [3.63, 3.8) is 0 Å². The number of aliphatic hydroxyl groups is 1. The summed E-state index contributed by atoms with van der Waals surface area (Å²) in [7, 11) is -4.23. The molecule has 4 rings (SSSR count). The number of esters is 1. The Bertz CT molecular complexity index is 1290. The van der Waals surface area contributed by atoms with Crippen molar-refractivity contribution in [3.8, 4) is 5.75 Å². The number of benzene rings is 1. The Hall–Kier alpha value is -2.80. The zero-order chi connectivity index (χ0) is 28.2. The molecule has 1 aromatic heterocycles. The van der Waals surface area contributed by atoms with Gasteiger partial charge in [0.15, 0.2) is 6.23 Å². The highest BCUT2D eigenvalue weighted by atomic mass is 31.2. The molecule has 6 atom stereocenters. The third-order valence-electron chi connectivity index (χ3n) is 6.95. The van der Waals surface area contributed by atoms with Crippen molar-refractivity contribution < 1.29 is 33.0 Å². The van der Waals surface area contributed by atoms with E-state index >= 15 is 0 Å². The number of hydrogen-bond acceptors (Lipinski definition) is 10. The number of aromatic amines is 1. The maximum atomic E-state index is 13.8. The van der Waals surface area contributed by atoms with Gasteiger partial charge in [0, 0.05) is 12.3 Å². The zero-order valence-corrected chi connectivity index (χ0v) is 22.8. The second-order valence-electron chi connectivity index (χ2n) is 10.2. The summed E-state index contributed by atoms with van der Waals surface area (Å²) in [4.78, 5) is 38.5. The highest BCUT2D eigenvalue weighted by molar-refractivity contribution is 7.52. The molecule has 0 radical (unpaired) electrons. The van der Waals surface area contributed by atoms with Crippen molar-refractivity contribution in [3.05, 3.63) is 63.4 Å². The average molecular weight is 567 g/mol. The number of ether oxygens (including phenoxy) is 2. The second kappa shape index (κ2) is 12.2. The summed E-state index contributed by atoms with van der Waals surface area (Å²) >= 11 is 0. The Morgan fingerprint density at radius 2 is 1.95 bits per heavy atom. The number of carbonyl (C=O) groups excluding carboxylic acids is 1. The Balaban J connectivity index is 1.46. The number of rotatable bonds is 11. The highest BCUT2D eigenvalue weighted by Gasteiger charge is 2.52. The first kappa shape index (κ1) is 29.2. The number of nitrogens with one attached hydrogen (secondary N) is 2. The van der Waals surface area contributed by atoms with Crippen LogP contribution < -0.4 is 26.6 Å². The van der Waals surface area contributed by atoms with Crippen LogP contribution in [0.2, 0.25) is 0 Å². The lowest BCUT2D eigenvalue weighted by Gasteiger charge is -2.28. The van der Waals surface area contributed by atoms with Crippen LogP contribution in [-0.2, 0) is 23.4 Å². The van der Waals surface area contributed by atoms with E-state index in [4.69, 9.17) is 24.3 Å². The molecule has 2 fully saturated rings. The summed E-state index contributed by atoms with van der Waals surface area (Å²) in [5, 5.41) is 13.5. The van der Waals surface area contributed by atoms with E-state index < -0.39 is 61.6 Å². The minimum Gasteiger partial charge on any atom is -0.464 e. The molecule has 5 N–H and O–H groups in total. The maximum absolute atomic E-state index is 13.8. The summed E-state index contributed by atoms with van der Waals surface area (Å²) in [5.41, 5.74) is 3.45. The molecule has 1 aromatic carbocycles. The lowest BCUT2D eigenvalue weighted by atomic mass is 9.93. The summed E-state index contributed by atoms with van der Waals surface area (Å²) in [6.45, 7) is 2.78. The quantitative estimate of drug-likeness (QED) is 0.228. The Morgan fingerprint density at radius 3 is 2.62 bits per heavy atom. The van der Waals surface area contributed by atoms with E-state index in [1.807, 2.05) is 0 Å². The van der Waals surface area contributed by atoms with Crippen molar-refractivity contribution in [1.29, 1.82) is 0 Å². The number of aliphatic hydroxyl groups excluding tert-OH is 1. The van der Waals surface area contributed by atoms with Crippen LogP contribution in [0.4, 0.5) is 0 Å². The molecule has 14 heteroatoms. The predicted molar refractivity (Wildman–Crippen MR) is 140 cm³/mol. The molecule has 2 aliphatic rings. The van der Waals surface area contributed by atoms with Crippen molar-refractivity contribution in [2.24, 2.45) is 11.7 Å². The van der Waals surface area contributed by atoms with Gasteiger partial charge in [-0.05, 0) is 44.7 Å². The summed E-state index contributed by atoms with van der Waals surface area (Å²) in [5.74, 6) is -0.0695. The van der Waals surface area contributed by atoms with Gasteiger partial charge in [0.1, 0.15) is 24.0 Å². The van der Waals surface area contributed by atoms with E-state index in [1.165, 1.54) is 20.0 Å². The number of nitrogens with two attached hydrogens (primary N) is 1. The lowest BCUT2D eigenvalue weighted by Crippen LogP contribution is -2.53. The topological polar surface area (TPSA) is 184 Å². The van der Waals surface area contributed by atoms with Crippen LogP contribution in [0.3, 0.4) is 0 Å². The smallest absolute Gasteiger partial charge is 0.459 e. The van der Waals surface area contributed by atoms with Gasteiger partial charge in [-0.25, -0.2) is 9.36 Å². The maximum Gasteiger partial charge on any atom is 0.459 e. The van der Waals surface area contributed by atoms with E-state index in [-0.39, 0.29) is 12.4 Å². The number of nitrogens with zero attached hydrogens (tertiary/aromatic N) is 1. The minimum atomic E-state index is -4.23. The largest absolute Gasteiger partial charge is 0.464 e. The monoisotopic (exact) mass is 566 g/mol. The third-order valence-corrected chi connectivity index (χ3v) is 8.59. The zero-order valence-electron chi connectivity index (χ0n) is 21.9. The van der Waals surface area contributed by atoms with E-state index in [2.05, 4.69) is 10.1 Å². The standard InChI is InChI=1S/C25H35N4O9P/c1-16(22(32)35-14-17-8-6-7-9-17)28-39(34,38-18-10-4-3-5-11-18)36-15-19-21(31)25(2,26)23(37-19)29-13-12-20(30)27-24(29)33/h3-5,10-13,16-17,19,21,23,31H,6-9,14-15,26H2,1-2H3,(H,28,34)(H,27,30,33)/t16-,19+,21+,23+,25+,39?/m0/s1. The van der Waals surface area contributed by atoms with Crippen LogP contribution >= 0.6 is 7.75 Å². The van der Waals surface area contributed by atoms with E-state index in [0.717, 1.165) is 36.3 Å². The van der Waals surface area contributed by atoms with E-state index in [1.54, 1.807) is 30.3 Å². The number of hydrogen-bond donors (Lipinski definition) is 4. The number of carbonyl (C=O) groups is 1. The summed E-state index contributed by atoms with van der Waals surface area (Å²) in [6.07, 6.45) is 1.77. The van der Waals surface area contributed by atoms with Gasteiger partial charge >= 0.3 is 19.4 Å². The lowest BCUT2D eigenvalue weighted by molar-refractivity contribution is -0.146. The molecule has 39 heavy (non-hydrogen) atoms. The van der Waals surface area contributed by atoms with Gasteiger partial charge in [0.05, 0.1) is 18.8 Å². The van der Waals surface area contributed by atoms with Crippen LogP contribution in [0.5, 0.6) is 5.75 Å². The molecule has 1 aliphatic heterocycles. The van der Waals surface area contributed by atoms with Crippen molar-refractivity contribution in [2.75, 3.05) is 13.2 Å². The van der Waals surface area contributed by atoms with Gasteiger partial charge in [0.2, 0.25) is 0 Å². The van der Waals surface area contributed by atoms with E-state index in [9.17, 15) is 24.1 Å². The molecule has 0 bridgehead atoms.